The van der Waals surface area contributed by atoms with E-state index in [2.05, 4.69) is 10.6 Å². The Balaban J connectivity index is 1.66. The third-order valence-corrected chi connectivity index (χ3v) is 4.20. The van der Waals surface area contributed by atoms with Crippen molar-refractivity contribution in [2.45, 2.75) is 50.7 Å². The zero-order valence-electron chi connectivity index (χ0n) is 10.8. The van der Waals surface area contributed by atoms with Crippen LogP contribution in [-0.4, -0.2) is 24.0 Å². The average molecular weight is 244 g/mol. The van der Waals surface area contributed by atoms with Crippen LogP contribution >= 0.6 is 0 Å². The lowest BCUT2D eigenvalue weighted by Gasteiger charge is -2.29. The largest absolute Gasteiger partial charge is 0.349 e. The van der Waals surface area contributed by atoms with Crippen LogP contribution in [0.15, 0.2) is 24.3 Å². The number of benzene rings is 1. The predicted molar refractivity (Wildman–Crippen MR) is 71.6 cm³/mol. The summed E-state index contributed by atoms with van der Waals surface area (Å²) in [4.78, 5) is 12.2. The molecule has 2 N–H and O–H groups in total. The van der Waals surface area contributed by atoms with Crippen LogP contribution in [0, 0.1) is 6.92 Å². The molecule has 0 radical (unpaired) electrons. The Bertz CT molecular complexity index is 446. The number of hydrogen-bond donors (Lipinski definition) is 2. The van der Waals surface area contributed by atoms with Crippen LogP contribution in [0.4, 0.5) is 0 Å². The van der Waals surface area contributed by atoms with E-state index in [4.69, 9.17) is 0 Å². The van der Waals surface area contributed by atoms with Gasteiger partial charge < -0.3 is 10.6 Å². The molecule has 1 aromatic rings. The second-order valence-corrected chi connectivity index (χ2v) is 5.59. The third kappa shape index (κ3) is 2.27. The fourth-order valence-corrected chi connectivity index (χ4v) is 3.27. The molecule has 18 heavy (non-hydrogen) atoms. The highest BCUT2D eigenvalue weighted by atomic mass is 16.1. The Kier molecular flexibility index (Phi) is 3.08. The molecule has 96 valence electrons. The number of fused-ring (bicyclic) bond motifs is 2. The standard InChI is InChI=1S/C15H20N2O/c1-10-4-2-3-5-14(10)15(18)17-13-8-11-6-7-12(9-13)16-11/h2-5,11-13,16H,6-9H2,1H3,(H,17,18). The van der Waals surface area contributed by atoms with Crippen LogP contribution in [-0.2, 0) is 0 Å². The Labute approximate surface area is 108 Å². The highest BCUT2D eigenvalue weighted by Crippen LogP contribution is 2.27. The van der Waals surface area contributed by atoms with Gasteiger partial charge >= 0.3 is 0 Å². The van der Waals surface area contributed by atoms with Crippen molar-refractivity contribution in [3.63, 3.8) is 0 Å². The maximum Gasteiger partial charge on any atom is 0.251 e. The minimum absolute atomic E-state index is 0.0828. The third-order valence-electron chi connectivity index (χ3n) is 4.20. The molecule has 3 heteroatoms. The first-order chi connectivity index (χ1) is 8.72. The molecule has 2 bridgehead atoms. The normalized spacial score (nSPS) is 30.2. The summed E-state index contributed by atoms with van der Waals surface area (Å²) in [5, 5.41) is 6.79. The van der Waals surface area contributed by atoms with Crippen molar-refractivity contribution < 1.29 is 4.79 Å². The van der Waals surface area contributed by atoms with Crippen LogP contribution in [0.3, 0.4) is 0 Å². The number of hydrogen-bond acceptors (Lipinski definition) is 2. The van der Waals surface area contributed by atoms with Crippen molar-refractivity contribution >= 4 is 5.91 Å². The molecule has 2 heterocycles. The van der Waals surface area contributed by atoms with Crippen LogP contribution < -0.4 is 10.6 Å². The number of piperidine rings is 1. The summed E-state index contributed by atoms with van der Waals surface area (Å²) in [6.07, 6.45) is 4.69. The average Bonchev–Trinajstić information content (AvgIpc) is 2.69. The van der Waals surface area contributed by atoms with Crippen LogP contribution in [0.5, 0.6) is 0 Å². The summed E-state index contributed by atoms with van der Waals surface area (Å²) >= 11 is 0. The molecule has 1 amide bonds. The number of nitrogens with one attached hydrogen (secondary N) is 2. The summed E-state index contributed by atoms with van der Waals surface area (Å²) < 4.78 is 0. The Hall–Kier alpha value is -1.35. The van der Waals surface area contributed by atoms with Crippen LogP contribution in [0.25, 0.3) is 0 Å². The molecule has 1 aromatic carbocycles. The first-order valence-corrected chi connectivity index (χ1v) is 6.85. The van der Waals surface area contributed by atoms with Gasteiger partial charge in [-0.2, -0.15) is 0 Å². The van der Waals surface area contributed by atoms with E-state index in [1.165, 1.54) is 12.8 Å². The van der Waals surface area contributed by atoms with Crippen molar-refractivity contribution in [1.82, 2.24) is 10.6 Å². The molecule has 2 unspecified atom stereocenters. The van der Waals surface area contributed by atoms with E-state index in [-0.39, 0.29) is 5.91 Å². The molecular formula is C15H20N2O. The minimum Gasteiger partial charge on any atom is -0.349 e. The molecule has 2 aliphatic heterocycles. The molecule has 0 aromatic heterocycles. The van der Waals surface area contributed by atoms with Gasteiger partial charge in [-0.05, 0) is 44.2 Å². The fourth-order valence-electron chi connectivity index (χ4n) is 3.27. The molecular weight excluding hydrogens is 224 g/mol. The van der Waals surface area contributed by atoms with E-state index in [1.807, 2.05) is 31.2 Å². The molecule has 3 rings (SSSR count). The van der Waals surface area contributed by atoms with Gasteiger partial charge in [-0.1, -0.05) is 18.2 Å². The van der Waals surface area contributed by atoms with Crippen molar-refractivity contribution in [2.75, 3.05) is 0 Å². The summed E-state index contributed by atoms with van der Waals surface area (Å²) in [5.41, 5.74) is 1.86. The first-order valence-electron chi connectivity index (χ1n) is 6.85. The monoisotopic (exact) mass is 244 g/mol. The van der Waals surface area contributed by atoms with E-state index < -0.39 is 0 Å². The maximum absolute atomic E-state index is 12.2. The van der Waals surface area contributed by atoms with E-state index in [9.17, 15) is 4.79 Å². The maximum atomic E-state index is 12.2. The number of rotatable bonds is 2. The second-order valence-electron chi connectivity index (χ2n) is 5.59. The van der Waals surface area contributed by atoms with Gasteiger partial charge in [0.25, 0.3) is 5.91 Å². The van der Waals surface area contributed by atoms with Crippen LogP contribution in [0.2, 0.25) is 0 Å². The first kappa shape index (κ1) is 11.7. The Morgan fingerprint density at radius 1 is 1.22 bits per heavy atom. The summed E-state index contributed by atoms with van der Waals surface area (Å²) in [6, 6.07) is 9.36. The summed E-state index contributed by atoms with van der Waals surface area (Å²) in [5.74, 6) is 0.0828. The van der Waals surface area contributed by atoms with Gasteiger partial charge in [-0.15, -0.1) is 0 Å². The number of carbonyl (C=O) groups is 1. The molecule has 0 aliphatic carbocycles. The van der Waals surface area contributed by atoms with Gasteiger partial charge in [-0.3, -0.25) is 4.79 Å². The lowest BCUT2D eigenvalue weighted by Crippen LogP contribution is -2.48. The zero-order chi connectivity index (χ0) is 12.5. The van der Waals surface area contributed by atoms with Gasteiger partial charge in [0.2, 0.25) is 0 Å². The zero-order valence-corrected chi connectivity index (χ0v) is 10.8. The van der Waals surface area contributed by atoms with E-state index in [1.54, 1.807) is 0 Å². The smallest absolute Gasteiger partial charge is 0.251 e. The fraction of sp³-hybridized carbons (Fsp3) is 0.533. The van der Waals surface area contributed by atoms with E-state index in [0.29, 0.717) is 18.1 Å². The van der Waals surface area contributed by atoms with Crippen LogP contribution in [0.1, 0.15) is 41.6 Å². The predicted octanol–water partition coefficient (Wildman–Crippen LogP) is 2.01. The molecule has 0 spiro atoms. The van der Waals surface area contributed by atoms with Gasteiger partial charge in [0.15, 0.2) is 0 Å². The second kappa shape index (κ2) is 4.73. The van der Waals surface area contributed by atoms with E-state index >= 15 is 0 Å². The van der Waals surface area contributed by atoms with Crippen molar-refractivity contribution in [3.8, 4) is 0 Å². The summed E-state index contributed by atoms with van der Waals surface area (Å²) in [7, 11) is 0. The van der Waals surface area contributed by atoms with Gasteiger partial charge in [-0.25, -0.2) is 0 Å². The Morgan fingerprint density at radius 2 is 1.89 bits per heavy atom. The number of amides is 1. The minimum atomic E-state index is 0.0828. The topological polar surface area (TPSA) is 41.1 Å². The van der Waals surface area contributed by atoms with Crippen molar-refractivity contribution in [1.29, 1.82) is 0 Å². The van der Waals surface area contributed by atoms with Gasteiger partial charge in [0, 0.05) is 23.7 Å². The quantitative estimate of drug-likeness (QED) is 0.835. The molecule has 2 fully saturated rings. The van der Waals surface area contributed by atoms with Gasteiger partial charge in [0.1, 0.15) is 0 Å². The molecule has 2 saturated heterocycles. The molecule has 2 atom stereocenters. The lowest BCUT2D eigenvalue weighted by atomic mass is 9.99. The van der Waals surface area contributed by atoms with Crippen molar-refractivity contribution in [3.05, 3.63) is 35.4 Å². The number of aryl methyl sites for hydroxylation is 1. The summed E-state index contributed by atoms with van der Waals surface area (Å²) in [6.45, 7) is 1.99. The molecule has 3 nitrogen and oxygen atoms in total. The number of carbonyl (C=O) groups excluding carboxylic acids is 1. The molecule has 0 saturated carbocycles. The van der Waals surface area contributed by atoms with E-state index in [0.717, 1.165) is 24.0 Å². The van der Waals surface area contributed by atoms with Gasteiger partial charge in [0.05, 0.1) is 0 Å². The molecule has 2 aliphatic rings. The SMILES string of the molecule is Cc1ccccc1C(=O)NC1CC2CCC(C1)N2. The lowest BCUT2D eigenvalue weighted by molar-refractivity contribution is 0.0923. The highest BCUT2D eigenvalue weighted by Gasteiger charge is 2.34. The highest BCUT2D eigenvalue weighted by molar-refractivity contribution is 5.95. The Morgan fingerprint density at radius 3 is 2.56 bits per heavy atom. The van der Waals surface area contributed by atoms with Crippen molar-refractivity contribution in [2.24, 2.45) is 0 Å².